The van der Waals surface area contributed by atoms with Gasteiger partial charge in [0.05, 0.1) is 23.0 Å². The summed E-state index contributed by atoms with van der Waals surface area (Å²) in [6.07, 6.45) is 6.44. The topological polar surface area (TPSA) is 78.7 Å². The lowest BCUT2D eigenvalue weighted by Crippen LogP contribution is -2.46. The van der Waals surface area contributed by atoms with Crippen LogP contribution in [0.5, 0.6) is 5.88 Å². The minimum Gasteiger partial charge on any atom is -0.494 e. The number of carbonyl (C=O) groups excluding carboxylic acids is 1. The molecule has 8 heteroatoms. The molecule has 0 radical (unpaired) electrons. The fourth-order valence-corrected chi connectivity index (χ4v) is 8.35. The first-order chi connectivity index (χ1) is 20.7. The highest BCUT2D eigenvalue weighted by Gasteiger charge is 2.32. The average molecular weight is 562 g/mol. The lowest BCUT2D eigenvalue weighted by Gasteiger charge is -2.36. The normalized spacial score (nSPS) is 20.2. The number of aromatic hydroxyl groups is 1. The van der Waals surface area contributed by atoms with Crippen molar-refractivity contribution in [3.8, 4) is 5.88 Å². The number of likely N-dealkylation sites (tertiary alicyclic amines) is 2. The molecule has 3 aliphatic rings. The van der Waals surface area contributed by atoms with Crippen LogP contribution in [0, 0.1) is 5.92 Å². The lowest BCUT2D eigenvalue weighted by atomic mass is 10.0. The summed E-state index contributed by atoms with van der Waals surface area (Å²) in [6.45, 7) is 5.81. The third-order valence-electron chi connectivity index (χ3n) is 10.2. The number of nitrogens with zero attached hydrogens (tertiary/aromatic N) is 4. The van der Waals surface area contributed by atoms with E-state index in [2.05, 4.69) is 67.5 Å². The Morgan fingerprint density at radius 3 is 2.12 bits per heavy atom. The van der Waals surface area contributed by atoms with Gasteiger partial charge in [0.25, 0.3) is 0 Å². The molecular weight excluding hydrogens is 526 g/mol. The Labute approximate surface area is 243 Å². The summed E-state index contributed by atoms with van der Waals surface area (Å²) in [5, 5.41) is 17.5. The van der Waals surface area contributed by atoms with Gasteiger partial charge in [0.2, 0.25) is 0 Å². The summed E-state index contributed by atoms with van der Waals surface area (Å²) in [6, 6.07) is 17.6. The van der Waals surface area contributed by atoms with Crippen LogP contribution in [-0.4, -0.2) is 73.9 Å². The number of benzene rings is 3. The van der Waals surface area contributed by atoms with Crippen molar-refractivity contribution in [3.05, 3.63) is 54.7 Å². The fraction of sp³-hybridized carbons (Fsp3) is 0.382. The maximum absolute atomic E-state index is 13.3. The molecule has 2 fully saturated rings. The summed E-state index contributed by atoms with van der Waals surface area (Å²) in [5.41, 5.74) is 4.64. The molecule has 1 atom stereocenters. The number of hydrogen-bond donors (Lipinski definition) is 2. The van der Waals surface area contributed by atoms with E-state index in [0.29, 0.717) is 12.6 Å². The molecule has 42 heavy (non-hydrogen) atoms. The molecular formula is C34H35N5O3. The first-order valence-electron chi connectivity index (χ1n) is 15.5. The van der Waals surface area contributed by atoms with E-state index in [4.69, 9.17) is 4.74 Å². The van der Waals surface area contributed by atoms with Crippen LogP contribution in [0.15, 0.2) is 54.7 Å². The summed E-state index contributed by atoms with van der Waals surface area (Å²) in [7, 11) is 0. The van der Waals surface area contributed by atoms with Gasteiger partial charge < -0.3 is 33.8 Å². The Bertz CT molecular complexity index is 2020. The largest absolute Gasteiger partial charge is 0.494 e. The molecule has 1 amide bonds. The zero-order valence-electron chi connectivity index (χ0n) is 23.7. The number of aromatic nitrogens is 3. The molecule has 6 aromatic rings. The summed E-state index contributed by atoms with van der Waals surface area (Å²) in [5.74, 6) is 0.297. The molecule has 0 spiro atoms. The molecule has 3 aromatic heterocycles. The Morgan fingerprint density at radius 1 is 0.810 bits per heavy atom. The Balaban J connectivity index is 1.11. The van der Waals surface area contributed by atoms with Gasteiger partial charge in [-0.1, -0.05) is 36.4 Å². The highest BCUT2D eigenvalue weighted by atomic mass is 16.6. The molecule has 2 N–H and O–H groups in total. The van der Waals surface area contributed by atoms with Crippen molar-refractivity contribution in [1.29, 1.82) is 0 Å². The first kappa shape index (κ1) is 24.4. The number of hydrogen-bond acceptors (Lipinski definition) is 4. The minimum atomic E-state index is -0.180. The van der Waals surface area contributed by atoms with Gasteiger partial charge in [0, 0.05) is 82.3 Å². The SMILES string of the molecule is O=C(OCC1Cn2c3ccccc3c3c4c[nH]c(O)c4c4c5ccccc5n(c4c32)C1)N1CCC(N2CCCC2)CC1. The van der Waals surface area contributed by atoms with Gasteiger partial charge in [-0.3, -0.25) is 0 Å². The first-order valence-corrected chi connectivity index (χ1v) is 15.5. The second kappa shape index (κ2) is 9.16. The Hall–Kier alpha value is -4.17. The molecule has 6 heterocycles. The number of carbonyl (C=O) groups is 1. The molecule has 3 aromatic carbocycles. The number of fused-ring (bicyclic) bond motifs is 9. The summed E-state index contributed by atoms with van der Waals surface area (Å²) >= 11 is 0. The van der Waals surface area contributed by atoms with Gasteiger partial charge >= 0.3 is 6.09 Å². The number of aromatic amines is 1. The van der Waals surface area contributed by atoms with Crippen LogP contribution in [0.1, 0.15) is 25.7 Å². The zero-order valence-corrected chi connectivity index (χ0v) is 23.7. The molecule has 1 unspecified atom stereocenters. The maximum Gasteiger partial charge on any atom is 0.409 e. The van der Waals surface area contributed by atoms with E-state index >= 15 is 0 Å². The van der Waals surface area contributed by atoms with Gasteiger partial charge in [-0.2, -0.15) is 0 Å². The van der Waals surface area contributed by atoms with Crippen molar-refractivity contribution >= 4 is 60.5 Å². The van der Waals surface area contributed by atoms with Gasteiger partial charge in [-0.15, -0.1) is 0 Å². The van der Waals surface area contributed by atoms with E-state index in [1.165, 1.54) is 42.4 Å². The number of nitrogens with one attached hydrogen (secondary N) is 1. The summed E-state index contributed by atoms with van der Waals surface area (Å²) in [4.78, 5) is 20.9. The molecule has 214 valence electrons. The van der Waals surface area contributed by atoms with Crippen LogP contribution in [0.2, 0.25) is 0 Å². The van der Waals surface area contributed by atoms with Crippen LogP contribution in [0.3, 0.4) is 0 Å². The van der Waals surface area contributed by atoms with Crippen molar-refractivity contribution in [1.82, 2.24) is 23.9 Å². The Kier molecular flexibility index (Phi) is 5.33. The molecule has 2 saturated heterocycles. The molecule has 8 nitrogen and oxygen atoms in total. The van der Waals surface area contributed by atoms with Crippen LogP contribution >= 0.6 is 0 Å². The van der Waals surface area contributed by atoms with E-state index < -0.39 is 0 Å². The van der Waals surface area contributed by atoms with Crippen LogP contribution in [0.4, 0.5) is 4.79 Å². The predicted octanol–water partition coefficient (Wildman–Crippen LogP) is 6.42. The number of amides is 1. The highest BCUT2D eigenvalue weighted by molar-refractivity contribution is 6.36. The van der Waals surface area contributed by atoms with Gasteiger partial charge in [-0.25, -0.2) is 4.79 Å². The number of H-pyrrole nitrogens is 1. The Morgan fingerprint density at radius 2 is 1.43 bits per heavy atom. The molecule has 9 rings (SSSR count). The smallest absolute Gasteiger partial charge is 0.409 e. The average Bonchev–Trinajstić information content (AvgIpc) is 3.80. The van der Waals surface area contributed by atoms with Gasteiger partial charge in [0.15, 0.2) is 5.88 Å². The van der Waals surface area contributed by atoms with E-state index in [1.54, 1.807) is 0 Å². The van der Waals surface area contributed by atoms with E-state index in [1.807, 2.05) is 11.1 Å². The van der Waals surface area contributed by atoms with Crippen LogP contribution < -0.4 is 0 Å². The maximum atomic E-state index is 13.3. The lowest BCUT2D eigenvalue weighted by molar-refractivity contribution is 0.0634. The molecule has 0 aliphatic carbocycles. The summed E-state index contributed by atoms with van der Waals surface area (Å²) < 4.78 is 10.9. The highest BCUT2D eigenvalue weighted by Crippen LogP contribution is 2.48. The van der Waals surface area contributed by atoms with Crippen molar-refractivity contribution in [2.75, 3.05) is 32.8 Å². The van der Waals surface area contributed by atoms with Crippen LogP contribution in [0.25, 0.3) is 54.4 Å². The third kappa shape index (κ3) is 3.41. The van der Waals surface area contributed by atoms with Gasteiger partial charge in [0.1, 0.15) is 0 Å². The number of piperidine rings is 1. The van der Waals surface area contributed by atoms with Crippen molar-refractivity contribution in [2.24, 2.45) is 5.92 Å². The number of rotatable bonds is 3. The third-order valence-corrected chi connectivity index (χ3v) is 10.2. The van der Waals surface area contributed by atoms with E-state index in [-0.39, 0.29) is 17.9 Å². The second-order valence-electron chi connectivity index (χ2n) is 12.5. The van der Waals surface area contributed by atoms with Crippen molar-refractivity contribution in [3.63, 3.8) is 0 Å². The van der Waals surface area contributed by atoms with Crippen LogP contribution in [-0.2, 0) is 17.8 Å². The second-order valence-corrected chi connectivity index (χ2v) is 12.5. The minimum absolute atomic E-state index is 0.0935. The molecule has 0 bridgehead atoms. The van der Waals surface area contributed by atoms with Gasteiger partial charge in [-0.05, 0) is 50.9 Å². The monoisotopic (exact) mass is 561 g/mol. The molecule has 3 aliphatic heterocycles. The van der Waals surface area contributed by atoms with E-state index in [9.17, 15) is 9.90 Å². The van der Waals surface area contributed by atoms with E-state index in [0.717, 1.165) is 77.0 Å². The zero-order chi connectivity index (χ0) is 27.9. The standard InChI is InChI=1S/C34H35N5O3/c40-33-30-25(17-35-33)28-23-7-1-3-9-26(23)38-18-21(19-39-27-10-4-2-8-24(27)29(30)32(39)31(28)38)20-42-34(41)37-15-11-22(12-16-37)36-13-5-6-14-36/h1-4,7-10,17,21-22,35,40H,5-6,11-16,18-20H2. The van der Waals surface area contributed by atoms with Crippen molar-refractivity contribution in [2.45, 2.75) is 44.8 Å². The fourth-order valence-electron chi connectivity index (χ4n) is 8.35. The number of ether oxygens (including phenoxy) is 1. The molecule has 0 saturated carbocycles. The predicted molar refractivity (Wildman–Crippen MR) is 166 cm³/mol. The number of para-hydroxylation sites is 2. The van der Waals surface area contributed by atoms with Crippen molar-refractivity contribution < 1.29 is 14.6 Å². The quantitative estimate of drug-likeness (QED) is 0.262.